The van der Waals surface area contributed by atoms with Crippen molar-refractivity contribution in [2.24, 2.45) is 35.0 Å². The topological polar surface area (TPSA) is 89.5 Å². The molecule has 2 saturated heterocycles. The average molecular weight is 275 g/mol. The molecule has 1 saturated carbocycles. The molecule has 0 unspecified atom stereocenters. The van der Waals surface area contributed by atoms with Gasteiger partial charge in [0.15, 0.2) is 0 Å². The molecule has 6 heteroatoms. The maximum atomic E-state index is 12.1. The fraction of sp³-hybridized carbons (Fsp3) is 0.571. The third-order valence-electron chi connectivity index (χ3n) is 5.46. The van der Waals surface area contributed by atoms with Crippen LogP contribution in [0.3, 0.4) is 0 Å². The van der Waals surface area contributed by atoms with Crippen LogP contribution in [-0.2, 0) is 23.9 Å². The van der Waals surface area contributed by atoms with E-state index >= 15 is 0 Å². The van der Waals surface area contributed by atoms with Gasteiger partial charge in [-0.2, -0.15) is 0 Å². The Hall–Kier alpha value is -1.98. The molecular formula is C14H13NO5. The first-order chi connectivity index (χ1) is 9.36. The van der Waals surface area contributed by atoms with Crippen molar-refractivity contribution in [1.82, 2.24) is 5.32 Å². The second-order valence-electron chi connectivity index (χ2n) is 6.38. The summed E-state index contributed by atoms with van der Waals surface area (Å²) in [5.41, 5.74) is 0.0692. The molecule has 2 heterocycles. The Morgan fingerprint density at radius 3 is 2.40 bits per heavy atom. The molecular weight excluding hydrogens is 262 g/mol. The summed E-state index contributed by atoms with van der Waals surface area (Å²) in [6.07, 6.45) is 1.89. The summed E-state index contributed by atoms with van der Waals surface area (Å²) in [6, 6.07) is 0. The Kier molecular flexibility index (Phi) is 1.88. The minimum absolute atomic E-state index is 0.339. The van der Waals surface area contributed by atoms with Crippen LogP contribution in [0.2, 0.25) is 0 Å². The molecule has 2 bridgehead atoms. The predicted molar refractivity (Wildman–Crippen MR) is 63.6 cm³/mol. The molecule has 0 aromatic heterocycles. The summed E-state index contributed by atoms with van der Waals surface area (Å²) in [5.74, 6) is -4.64. The Morgan fingerprint density at radius 1 is 1.00 bits per heavy atom. The number of imide groups is 1. The normalized spacial score (nSPS) is 48.7. The fourth-order valence-corrected chi connectivity index (χ4v) is 4.89. The van der Waals surface area contributed by atoms with Crippen molar-refractivity contribution >= 4 is 23.8 Å². The molecule has 2 amide bonds. The lowest BCUT2D eigenvalue weighted by Crippen LogP contribution is -2.57. The molecule has 5 aliphatic rings. The van der Waals surface area contributed by atoms with Crippen molar-refractivity contribution in [1.29, 1.82) is 0 Å². The van der Waals surface area contributed by atoms with Gasteiger partial charge in [-0.05, 0) is 6.92 Å². The lowest BCUT2D eigenvalue weighted by molar-refractivity contribution is -0.154. The van der Waals surface area contributed by atoms with Gasteiger partial charge in [-0.15, -0.1) is 0 Å². The Morgan fingerprint density at radius 2 is 1.70 bits per heavy atom. The third-order valence-corrected chi connectivity index (χ3v) is 5.46. The number of cyclic esters (lactones) is 2. The van der Waals surface area contributed by atoms with Crippen molar-refractivity contribution in [3.8, 4) is 0 Å². The molecule has 104 valence electrons. The monoisotopic (exact) mass is 275 g/mol. The number of rotatable bonds is 0. The third kappa shape index (κ3) is 1.04. The van der Waals surface area contributed by atoms with Gasteiger partial charge in [0.1, 0.15) is 0 Å². The molecule has 6 atom stereocenters. The zero-order valence-corrected chi connectivity index (χ0v) is 11.0. The van der Waals surface area contributed by atoms with Crippen LogP contribution < -0.4 is 5.32 Å². The number of amides is 2. The number of carbonyl (C=O) groups is 4. The van der Waals surface area contributed by atoms with Crippen LogP contribution >= 0.6 is 0 Å². The molecule has 20 heavy (non-hydrogen) atoms. The lowest BCUT2D eigenvalue weighted by Gasteiger charge is -2.52. The fourth-order valence-electron chi connectivity index (χ4n) is 4.89. The predicted octanol–water partition coefficient (Wildman–Crippen LogP) is -0.213. The lowest BCUT2D eigenvalue weighted by atomic mass is 9.46. The quantitative estimate of drug-likeness (QED) is 0.286. The van der Waals surface area contributed by atoms with Crippen molar-refractivity contribution in [3.05, 3.63) is 11.6 Å². The first-order valence-corrected chi connectivity index (χ1v) is 6.66. The number of esters is 2. The number of nitrogens with one attached hydrogen (secondary N) is 1. The molecule has 1 N–H and O–H groups in total. The van der Waals surface area contributed by atoms with E-state index in [9.17, 15) is 19.2 Å². The maximum absolute atomic E-state index is 12.1. The number of ether oxygens (including phenoxy) is 1. The second-order valence-corrected chi connectivity index (χ2v) is 6.38. The number of hydrogen-bond donors (Lipinski definition) is 1. The molecule has 0 spiro atoms. The summed E-state index contributed by atoms with van der Waals surface area (Å²) < 4.78 is 4.78. The van der Waals surface area contributed by atoms with E-state index in [1.54, 1.807) is 6.92 Å². The van der Waals surface area contributed by atoms with Crippen molar-refractivity contribution < 1.29 is 23.9 Å². The second kappa shape index (κ2) is 3.19. The molecule has 5 rings (SSSR count). The first-order valence-electron chi connectivity index (χ1n) is 6.66. The summed E-state index contributed by atoms with van der Waals surface area (Å²) >= 11 is 0. The zero-order valence-electron chi connectivity index (χ0n) is 11.0. The summed E-state index contributed by atoms with van der Waals surface area (Å²) in [7, 11) is 0. The van der Waals surface area contributed by atoms with Gasteiger partial charge in [-0.1, -0.05) is 18.6 Å². The maximum Gasteiger partial charge on any atom is 0.318 e. The van der Waals surface area contributed by atoms with E-state index in [1.807, 2.05) is 13.0 Å². The highest BCUT2D eigenvalue weighted by molar-refractivity contribution is 6.09. The van der Waals surface area contributed by atoms with E-state index in [4.69, 9.17) is 4.74 Å². The van der Waals surface area contributed by atoms with Gasteiger partial charge >= 0.3 is 11.9 Å². The van der Waals surface area contributed by atoms with Crippen LogP contribution in [0, 0.1) is 35.0 Å². The van der Waals surface area contributed by atoms with Crippen molar-refractivity contribution in [2.75, 3.05) is 0 Å². The highest BCUT2D eigenvalue weighted by Crippen LogP contribution is 2.64. The van der Waals surface area contributed by atoms with Gasteiger partial charge in [0.2, 0.25) is 11.8 Å². The van der Waals surface area contributed by atoms with Crippen molar-refractivity contribution in [2.45, 2.75) is 13.8 Å². The highest BCUT2D eigenvalue weighted by Gasteiger charge is 2.72. The van der Waals surface area contributed by atoms with E-state index in [1.165, 1.54) is 0 Å². The van der Waals surface area contributed by atoms with Gasteiger partial charge in [0.05, 0.1) is 23.7 Å². The minimum Gasteiger partial charge on any atom is -0.393 e. The molecule has 0 aromatic carbocycles. The van der Waals surface area contributed by atoms with Gasteiger partial charge < -0.3 is 4.74 Å². The SMILES string of the molecule is CC1=C[C@@]2(C)[C@@H]3C(=O)NC(=O)[C@@H]3[C@H]1[C@@H]1C(=O)OC(=O)[C@@H]12. The van der Waals surface area contributed by atoms with Crippen LogP contribution in [0.15, 0.2) is 11.6 Å². The molecule has 2 aliphatic heterocycles. The van der Waals surface area contributed by atoms with E-state index in [-0.39, 0.29) is 11.8 Å². The summed E-state index contributed by atoms with van der Waals surface area (Å²) in [6.45, 7) is 3.63. The molecule has 3 aliphatic carbocycles. The Labute approximate surface area is 114 Å². The largest absolute Gasteiger partial charge is 0.393 e. The van der Waals surface area contributed by atoms with Gasteiger partial charge in [0.25, 0.3) is 0 Å². The van der Waals surface area contributed by atoms with Crippen molar-refractivity contribution in [3.63, 3.8) is 0 Å². The zero-order chi connectivity index (χ0) is 14.4. The Bertz CT molecular complexity index is 591. The number of allylic oxidation sites excluding steroid dienone is 2. The summed E-state index contributed by atoms with van der Waals surface area (Å²) in [5, 5.41) is 2.35. The van der Waals surface area contributed by atoms with E-state index in [0.717, 1.165) is 5.57 Å². The smallest absolute Gasteiger partial charge is 0.318 e. The van der Waals surface area contributed by atoms with Gasteiger partial charge in [-0.25, -0.2) is 0 Å². The van der Waals surface area contributed by atoms with Crippen LogP contribution in [0.4, 0.5) is 0 Å². The number of carbonyl (C=O) groups excluding carboxylic acids is 4. The Balaban J connectivity index is 1.98. The highest BCUT2D eigenvalue weighted by atomic mass is 16.6. The van der Waals surface area contributed by atoms with Crippen LogP contribution in [0.5, 0.6) is 0 Å². The van der Waals surface area contributed by atoms with Crippen LogP contribution in [-0.4, -0.2) is 23.8 Å². The molecule has 6 nitrogen and oxygen atoms in total. The van der Waals surface area contributed by atoms with E-state index < -0.39 is 46.9 Å². The molecule has 3 fully saturated rings. The minimum atomic E-state index is -0.826. The number of hydrogen-bond acceptors (Lipinski definition) is 5. The first kappa shape index (κ1) is 11.8. The molecule has 0 radical (unpaired) electrons. The van der Waals surface area contributed by atoms with E-state index in [0.29, 0.717) is 0 Å². The van der Waals surface area contributed by atoms with Gasteiger partial charge in [0, 0.05) is 11.3 Å². The van der Waals surface area contributed by atoms with Crippen LogP contribution in [0.1, 0.15) is 13.8 Å². The summed E-state index contributed by atoms with van der Waals surface area (Å²) in [4.78, 5) is 48.2. The average Bonchev–Trinajstić information content (AvgIpc) is 2.80. The van der Waals surface area contributed by atoms with Gasteiger partial charge in [-0.3, -0.25) is 24.5 Å². The standard InChI is InChI=1S/C14H13NO5/c1-4-3-14(2)8-6(10(16)15-11(8)17)5(4)7-9(14)13(19)20-12(7)18/h3,5-9H,1-2H3,(H,15,16,17)/t5-,6+,7-,8-,9+,14-/m0/s1. The van der Waals surface area contributed by atoms with E-state index in [2.05, 4.69) is 5.32 Å². The molecule has 0 aromatic rings. The van der Waals surface area contributed by atoms with Crippen LogP contribution in [0.25, 0.3) is 0 Å².